The second-order valence-corrected chi connectivity index (χ2v) is 7.27. The number of likely N-dealkylation sites (N-methyl/N-ethyl adjacent to an activating group) is 1. The van der Waals surface area contributed by atoms with E-state index < -0.39 is 17.4 Å². The molecule has 1 aromatic carbocycles. The standard InChI is InChI=1S/C22H21N5O3/c1-3-16-18-17(8-11-24-16)27(25-19(18)20(23)28)15-6-4-5-14(13-15)7-9-22(30)10-12-26(2)21(22)29/h4-6,8,11,13,30H,3,10,12H2,1-2H3,(H2,23,28)/t22-/m0/s1. The van der Waals surface area contributed by atoms with Crippen LogP contribution in [0.1, 0.15) is 35.1 Å². The van der Waals surface area contributed by atoms with Gasteiger partial charge in [0.2, 0.25) is 5.60 Å². The minimum Gasteiger partial charge on any atom is -0.369 e. The van der Waals surface area contributed by atoms with E-state index in [2.05, 4.69) is 21.9 Å². The number of carbonyl (C=O) groups is 2. The van der Waals surface area contributed by atoms with Crippen LogP contribution in [0.15, 0.2) is 36.5 Å². The number of hydrogen-bond acceptors (Lipinski definition) is 5. The van der Waals surface area contributed by atoms with Gasteiger partial charge in [0.25, 0.3) is 11.8 Å². The molecule has 1 aliphatic heterocycles. The Kier molecular flexibility index (Phi) is 4.76. The molecule has 3 heterocycles. The topological polar surface area (TPSA) is 114 Å². The fraction of sp³-hybridized carbons (Fsp3) is 0.273. The van der Waals surface area contributed by atoms with E-state index in [0.29, 0.717) is 35.1 Å². The van der Waals surface area contributed by atoms with Crippen LogP contribution in [0.3, 0.4) is 0 Å². The second-order valence-electron chi connectivity index (χ2n) is 7.27. The highest BCUT2D eigenvalue weighted by Crippen LogP contribution is 2.25. The molecule has 1 aliphatic rings. The number of pyridine rings is 1. The van der Waals surface area contributed by atoms with Gasteiger partial charge in [0.05, 0.1) is 22.3 Å². The van der Waals surface area contributed by atoms with E-state index in [4.69, 9.17) is 5.73 Å². The third-order valence-corrected chi connectivity index (χ3v) is 5.25. The molecule has 0 saturated carbocycles. The van der Waals surface area contributed by atoms with Gasteiger partial charge in [0.1, 0.15) is 0 Å². The molecule has 8 nitrogen and oxygen atoms in total. The zero-order valence-electron chi connectivity index (χ0n) is 16.7. The molecule has 0 aliphatic carbocycles. The highest BCUT2D eigenvalue weighted by Gasteiger charge is 2.42. The third kappa shape index (κ3) is 3.19. The average Bonchev–Trinajstić information content (AvgIpc) is 3.27. The predicted octanol–water partition coefficient (Wildman–Crippen LogP) is 1.03. The smallest absolute Gasteiger partial charge is 0.269 e. The zero-order valence-corrected chi connectivity index (χ0v) is 16.7. The maximum absolute atomic E-state index is 12.1. The van der Waals surface area contributed by atoms with Gasteiger partial charge >= 0.3 is 0 Å². The highest BCUT2D eigenvalue weighted by molar-refractivity contribution is 6.05. The van der Waals surface area contributed by atoms with Crippen LogP contribution in [0.4, 0.5) is 0 Å². The molecule has 1 fully saturated rings. The number of aryl methyl sites for hydroxylation is 1. The average molecular weight is 403 g/mol. The molecular formula is C22H21N5O3. The summed E-state index contributed by atoms with van der Waals surface area (Å²) in [5.74, 6) is 4.59. The number of nitrogens with zero attached hydrogens (tertiary/aromatic N) is 4. The lowest BCUT2D eigenvalue weighted by Crippen LogP contribution is -2.37. The fourth-order valence-corrected chi connectivity index (χ4v) is 3.63. The van der Waals surface area contributed by atoms with E-state index in [9.17, 15) is 14.7 Å². The van der Waals surface area contributed by atoms with Gasteiger partial charge in [0, 0.05) is 31.8 Å². The quantitative estimate of drug-likeness (QED) is 0.634. The van der Waals surface area contributed by atoms with Gasteiger partial charge in [-0.25, -0.2) is 4.68 Å². The number of likely N-dealkylation sites (tertiary alicyclic amines) is 1. The molecule has 8 heteroatoms. The highest BCUT2D eigenvalue weighted by atomic mass is 16.3. The fourth-order valence-electron chi connectivity index (χ4n) is 3.63. The molecule has 0 bridgehead atoms. The van der Waals surface area contributed by atoms with Gasteiger partial charge in [-0.15, -0.1) is 0 Å². The SMILES string of the molecule is CCc1nccc2c1c(C(N)=O)nn2-c1cccc(C#C[C@]2(O)CCN(C)C2=O)c1. The Morgan fingerprint density at radius 3 is 2.83 bits per heavy atom. The number of hydrogen-bond donors (Lipinski definition) is 2. The van der Waals surface area contributed by atoms with Gasteiger partial charge in [-0.1, -0.05) is 24.8 Å². The van der Waals surface area contributed by atoms with Crippen molar-refractivity contribution in [1.29, 1.82) is 0 Å². The summed E-state index contributed by atoms with van der Waals surface area (Å²) in [5, 5.41) is 15.6. The Hall–Kier alpha value is -3.70. The first-order chi connectivity index (χ1) is 14.3. The van der Waals surface area contributed by atoms with Crippen LogP contribution in [-0.4, -0.2) is 55.8 Å². The number of amides is 2. The van der Waals surface area contributed by atoms with Gasteiger partial charge in [-0.05, 0) is 30.7 Å². The Morgan fingerprint density at radius 1 is 1.37 bits per heavy atom. The first-order valence-corrected chi connectivity index (χ1v) is 9.62. The van der Waals surface area contributed by atoms with Gasteiger partial charge in [-0.2, -0.15) is 5.10 Å². The van der Waals surface area contributed by atoms with Crippen molar-refractivity contribution in [3.8, 4) is 17.5 Å². The number of benzene rings is 1. The van der Waals surface area contributed by atoms with Crippen molar-refractivity contribution in [1.82, 2.24) is 19.7 Å². The van der Waals surface area contributed by atoms with E-state index in [1.165, 1.54) is 4.90 Å². The summed E-state index contributed by atoms with van der Waals surface area (Å²) >= 11 is 0. The zero-order chi connectivity index (χ0) is 21.5. The summed E-state index contributed by atoms with van der Waals surface area (Å²) in [6.45, 7) is 2.42. The summed E-state index contributed by atoms with van der Waals surface area (Å²) in [6.07, 6.45) is 2.58. The van der Waals surface area contributed by atoms with Crippen LogP contribution in [0.5, 0.6) is 0 Å². The largest absolute Gasteiger partial charge is 0.369 e. The normalized spacial score (nSPS) is 18.5. The molecular weight excluding hydrogens is 382 g/mol. The number of rotatable bonds is 3. The second kappa shape index (κ2) is 7.28. The molecule has 0 spiro atoms. The van der Waals surface area contributed by atoms with Crippen molar-refractivity contribution in [2.45, 2.75) is 25.4 Å². The van der Waals surface area contributed by atoms with Crippen LogP contribution in [0.2, 0.25) is 0 Å². The van der Waals surface area contributed by atoms with Crippen LogP contribution < -0.4 is 5.73 Å². The summed E-state index contributed by atoms with van der Waals surface area (Å²) < 4.78 is 1.63. The van der Waals surface area contributed by atoms with Crippen molar-refractivity contribution < 1.29 is 14.7 Å². The van der Waals surface area contributed by atoms with Gasteiger partial charge in [-0.3, -0.25) is 14.6 Å². The number of primary amides is 1. The van der Waals surface area contributed by atoms with Gasteiger partial charge in [0.15, 0.2) is 5.69 Å². The van der Waals surface area contributed by atoms with Gasteiger partial charge < -0.3 is 15.7 Å². The van der Waals surface area contributed by atoms with Crippen molar-refractivity contribution in [2.24, 2.45) is 5.73 Å². The number of carbonyl (C=O) groups excluding carboxylic acids is 2. The maximum Gasteiger partial charge on any atom is 0.269 e. The lowest BCUT2D eigenvalue weighted by Gasteiger charge is -2.13. The van der Waals surface area contributed by atoms with Crippen LogP contribution in [-0.2, 0) is 11.2 Å². The Balaban J connectivity index is 1.79. The molecule has 1 saturated heterocycles. The summed E-state index contributed by atoms with van der Waals surface area (Å²) in [4.78, 5) is 29.9. The first kappa shape index (κ1) is 19.6. The lowest BCUT2D eigenvalue weighted by molar-refractivity contribution is -0.137. The number of aliphatic hydroxyl groups is 1. The van der Waals surface area contributed by atoms with Crippen LogP contribution in [0, 0.1) is 11.8 Å². The van der Waals surface area contributed by atoms with Crippen molar-refractivity contribution in [3.63, 3.8) is 0 Å². The molecule has 30 heavy (non-hydrogen) atoms. The Bertz CT molecular complexity index is 1240. The molecule has 4 rings (SSSR count). The summed E-state index contributed by atoms with van der Waals surface area (Å²) in [5.41, 5.74) is 6.80. The van der Waals surface area contributed by atoms with Crippen molar-refractivity contribution >= 4 is 22.7 Å². The molecule has 0 radical (unpaired) electrons. The molecule has 2 amide bonds. The summed E-state index contributed by atoms with van der Waals surface area (Å²) in [7, 11) is 1.64. The molecule has 3 aromatic rings. The molecule has 152 valence electrons. The number of fused-ring (bicyclic) bond motifs is 1. The lowest BCUT2D eigenvalue weighted by atomic mass is 10.0. The van der Waals surface area contributed by atoms with E-state index >= 15 is 0 Å². The van der Waals surface area contributed by atoms with E-state index in [0.717, 1.165) is 5.69 Å². The number of aromatic nitrogens is 3. The summed E-state index contributed by atoms with van der Waals surface area (Å²) in [6, 6.07) is 8.97. The third-order valence-electron chi connectivity index (χ3n) is 5.25. The maximum atomic E-state index is 12.1. The molecule has 0 unspecified atom stereocenters. The first-order valence-electron chi connectivity index (χ1n) is 9.62. The predicted molar refractivity (Wildman–Crippen MR) is 111 cm³/mol. The van der Waals surface area contributed by atoms with E-state index in [1.54, 1.807) is 42.2 Å². The Morgan fingerprint density at radius 2 is 2.17 bits per heavy atom. The van der Waals surface area contributed by atoms with Crippen molar-refractivity contribution in [2.75, 3.05) is 13.6 Å². The van der Waals surface area contributed by atoms with E-state index in [-0.39, 0.29) is 12.1 Å². The van der Waals surface area contributed by atoms with Crippen LogP contribution in [0.25, 0.3) is 16.6 Å². The minimum atomic E-state index is -1.66. The number of nitrogens with two attached hydrogens (primary N) is 1. The van der Waals surface area contributed by atoms with Crippen molar-refractivity contribution in [3.05, 3.63) is 53.5 Å². The molecule has 2 aromatic heterocycles. The monoisotopic (exact) mass is 403 g/mol. The minimum absolute atomic E-state index is 0.167. The van der Waals surface area contributed by atoms with Crippen LogP contribution >= 0.6 is 0 Å². The van der Waals surface area contributed by atoms with E-state index in [1.807, 2.05) is 13.0 Å². The molecule has 1 atom stereocenters. The Labute approximate surface area is 173 Å². The molecule has 3 N–H and O–H groups in total.